The van der Waals surface area contributed by atoms with E-state index in [1.54, 1.807) is 12.4 Å². The number of anilines is 1. The molecule has 17 heavy (non-hydrogen) atoms. The lowest BCUT2D eigenvalue weighted by atomic mass is 10.1. The van der Waals surface area contributed by atoms with Crippen molar-refractivity contribution in [3.63, 3.8) is 0 Å². The zero-order valence-corrected chi connectivity index (χ0v) is 9.97. The van der Waals surface area contributed by atoms with E-state index in [2.05, 4.69) is 23.8 Å². The van der Waals surface area contributed by atoms with Crippen molar-refractivity contribution in [1.29, 1.82) is 0 Å². The van der Waals surface area contributed by atoms with Crippen molar-refractivity contribution >= 4 is 5.69 Å². The predicted octanol–water partition coefficient (Wildman–Crippen LogP) is 2.25. The molecule has 0 fully saturated rings. The molecular weight excluding hydrogens is 214 g/mol. The molecule has 4 nitrogen and oxygen atoms in total. The van der Waals surface area contributed by atoms with E-state index in [0.29, 0.717) is 18.1 Å². The molecule has 0 bridgehead atoms. The molecule has 88 valence electrons. The van der Waals surface area contributed by atoms with Gasteiger partial charge < -0.3 is 10.5 Å². The molecule has 1 heterocycles. The fraction of sp³-hybridized carbons (Fsp3) is 0.231. The molecule has 0 aliphatic carbocycles. The van der Waals surface area contributed by atoms with Crippen molar-refractivity contribution in [3.05, 3.63) is 47.5 Å². The first-order chi connectivity index (χ1) is 8.15. The van der Waals surface area contributed by atoms with Gasteiger partial charge in [-0.25, -0.2) is 9.97 Å². The fourth-order valence-electron chi connectivity index (χ4n) is 1.39. The molecule has 2 aromatic rings. The predicted molar refractivity (Wildman–Crippen MR) is 66.7 cm³/mol. The zero-order chi connectivity index (χ0) is 12.3. The summed E-state index contributed by atoms with van der Waals surface area (Å²) in [5, 5.41) is 0. The summed E-state index contributed by atoms with van der Waals surface area (Å²) in [6.07, 6.45) is 3.15. The standard InChI is InChI=1S/C13H15N3O/c1-9-3-4-12(5-10(9)2)17-8-13-15-6-11(14)7-16-13/h3-7H,8,14H2,1-2H3. The first-order valence-electron chi connectivity index (χ1n) is 5.41. The fourth-order valence-corrected chi connectivity index (χ4v) is 1.39. The molecule has 0 aliphatic rings. The molecule has 2 rings (SSSR count). The molecule has 0 radical (unpaired) electrons. The molecule has 0 atom stereocenters. The number of benzene rings is 1. The molecular formula is C13H15N3O. The summed E-state index contributed by atoms with van der Waals surface area (Å²) >= 11 is 0. The SMILES string of the molecule is Cc1ccc(OCc2ncc(N)cn2)cc1C. The van der Waals surface area contributed by atoms with Crippen molar-refractivity contribution < 1.29 is 4.74 Å². The van der Waals surface area contributed by atoms with Crippen LogP contribution in [0.2, 0.25) is 0 Å². The van der Waals surface area contributed by atoms with Gasteiger partial charge in [-0.2, -0.15) is 0 Å². The Hall–Kier alpha value is -2.10. The van der Waals surface area contributed by atoms with Crippen LogP contribution in [0.5, 0.6) is 5.75 Å². The minimum absolute atomic E-state index is 0.350. The van der Waals surface area contributed by atoms with Crippen LogP contribution in [0, 0.1) is 13.8 Å². The topological polar surface area (TPSA) is 61.0 Å². The second kappa shape index (κ2) is 4.82. The molecule has 0 amide bonds. The minimum atomic E-state index is 0.350. The van der Waals surface area contributed by atoms with Gasteiger partial charge in [0.15, 0.2) is 5.82 Å². The summed E-state index contributed by atoms with van der Waals surface area (Å²) in [6.45, 7) is 4.48. The molecule has 1 aromatic heterocycles. The molecule has 0 spiro atoms. The van der Waals surface area contributed by atoms with Gasteiger partial charge in [-0.15, -0.1) is 0 Å². The molecule has 4 heteroatoms. The van der Waals surface area contributed by atoms with Gasteiger partial charge >= 0.3 is 0 Å². The summed E-state index contributed by atoms with van der Waals surface area (Å²) in [5.74, 6) is 1.45. The van der Waals surface area contributed by atoms with Crippen molar-refractivity contribution in [2.75, 3.05) is 5.73 Å². The monoisotopic (exact) mass is 229 g/mol. The summed E-state index contributed by atoms with van der Waals surface area (Å²) in [4.78, 5) is 8.14. The van der Waals surface area contributed by atoms with E-state index in [-0.39, 0.29) is 0 Å². The van der Waals surface area contributed by atoms with Gasteiger partial charge in [-0.1, -0.05) is 6.07 Å². The Bertz CT molecular complexity index is 509. The van der Waals surface area contributed by atoms with Crippen LogP contribution in [0.4, 0.5) is 5.69 Å². The number of ether oxygens (including phenoxy) is 1. The molecule has 0 aliphatic heterocycles. The average Bonchev–Trinajstić information content (AvgIpc) is 2.33. The van der Waals surface area contributed by atoms with Gasteiger partial charge in [0, 0.05) is 0 Å². The van der Waals surface area contributed by atoms with Crippen LogP contribution >= 0.6 is 0 Å². The third-order valence-electron chi connectivity index (χ3n) is 2.57. The van der Waals surface area contributed by atoms with Crippen molar-refractivity contribution in [1.82, 2.24) is 9.97 Å². The first-order valence-corrected chi connectivity index (χ1v) is 5.41. The molecule has 0 saturated carbocycles. The van der Waals surface area contributed by atoms with E-state index in [4.69, 9.17) is 10.5 Å². The lowest BCUT2D eigenvalue weighted by Crippen LogP contribution is -2.02. The van der Waals surface area contributed by atoms with Gasteiger partial charge in [-0.3, -0.25) is 0 Å². The number of nitrogens with zero attached hydrogens (tertiary/aromatic N) is 2. The number of aryl methyl sites for hydroxylation is 2. The van der Waals surface area contributed by atoms with E-state index >= 15 is 0 Å². The van der Waals surface area contributed by atoms with E-state index in [0.717, 1.165) is 5.75 Å². The van der Waals surface area contributed by atoms with Gasteiger partial charge in [-0.05, 0) is 37.1 Å². The Morgan fingerprint density at radius 3 is 2.47 bits per heavy atom. The Kier molecular flexibility index (Phi) is 3.23. The Morgan fingerprint density at radius 2 is 1.82 bits per heavy atom. The quantitative estimate of drug-likeness (QED) is 0.876. The summed E-state index contributed by atoms with van der Waals surface area (Å²) in [6, 6.07) is 5.99. The number of rotatable bonds is 3. The van der Waals surface area contributed by atoms with E-state index in [9.17, 15) is 0 Å². The van der Waals surface area contributed by atoms with Crippen LogP contribution in [-0.2, 0) is 6.61 Å². The van der Waals surface area contributed by atoms with Gasteiger partial charge in [0.05, 0.1) is 18.1 Å². The van der Waals surface area contributed by atoms with Crippen molar-refractivity contribution in [2.24, 2.45) is 0 Å². The molecule has 0 unspecified atom stereocenters. The summed E-state index contributed by atoms with van der Waals surface area (Å²) < 4.78 is 5.60. The largest absolute Gasteiger partial charge is 0.486 e. The van der Waals surface area contributed by atoms with E-state index in [1.165, 1.54) is 11.1 Å². The highest BCUT2D eigenvalue weighted by atomic mass is 16.5. The first kappa shape index (κ1) is 11.4. The highest BCUT2D eigenvalue weighted by molar-refractivity contribution is 5.34. The highest BCUT2D eigenvalue weighted by Gasteiger charge is 2.00. The molecule has 1 aromatic carbocycles. The summed E-state index contributed by atoms with van der Waals surface area (Å²) in [7, 11) is 0. The van der Waals surface area contributed by atoms with Gasteiger partial charge in [0.25, 0.3) is 0 Å². The zero-order valence-electron chi connectivity index (χ0n) is 9.97. The van der Waals surface area contributed by atoms with Crippen LogP contribution in [0.1, 0.15) is 17.0 Å². The Balaban J connectivity index is 2.02. The van der Waals surface area contributed by atoms with Crippen LogP contribution in [0.25, 0.3) is 0 Å². The lowest BCUT2D eigenvalue weighted by molar-refractivity contribution is 0.295. The number of hydrogen-bond donors (Lipinski definition) is 1. The highest BCUT2D eigenvalue weighted by Crippen LogP contribution is 2.17. The van der Waals surface area contributed by atoms with Crippen LogP contribution in [-0.4, -0.2) is 9.97 Å². The Morgan fingerprint density at radius 1 is 1.12 bits per heavy atom. The number of nitrogen functional groups attached to an aromatic ring is 1. The van der Waals surface area contributed by atoms with Crippen LogP contribution < -0.4 is 10.5 Å². The number of hydrogen-bond acceptors (Lipinski definition) is 4. The maximum absolute atomic E-state index is 5.60. The third kappa shape index (κ3) is 2.93. The number of aromatic nitrogens is 2. The second-order valence-electron chi connectivity index (χ2n) is 3.97. The third-order valence-corrected chi connectivity index (χ3v) is 2.57. The van der Waals surface area contributed by atoms with Crippen molar-refractivity contribution in [2.45, 2.75) is 20.5 Å². The lowest BCUT2D eigenvalue weighted by Gasteiger charge is -2.07. The Labute approximate surface area is 100 Å². The van der Waals surface area contributed by atoms with Crippen LogP contribution in [0.3, 0.4) is 0 Å². The van der Waals surface area contributed by atoms with Crippen molar-refractivity contribution in [3.8, 4) is 5.75 Å². The summed E-state index contributed by atoms with van der Waals surface area (Å²) in [5.41, 5.74) is 8.52. The normalized spacial score (nSPS) is 10.2. The number of nitrogens with two attached hydrogens (primary N) is 1. The average molecular weight is 229 g/mol. The van der Waals surface area contributed by atoms with E-state index in [1.807, 2.05) is 18.2 Å². The molecule has 2 N–H and O–H groups in total. The second-order valence-corrected chi connectivity index (χ2v) is 3.97. The minimum Gasteiger partial charge on any atom is -0.486 e. The molecule has 0 saturated heterocycles. The van der Waals surface area contributed by atoms with Crippen LogP contribution in [0.15, 0.2) is 30.6 Å². The maximum Gasteiger partial charge on any atom is 0.166 e. The smallest absolute Gasteiger partial charge is 0.166 e. The van der Waals surface area contributed by atoms with Gasteiger partial charge in [0.2, 0.25) is 0 Å². The van der Waals surface area contributed by atoms with Gasteiger partial charge in [0.1, 0.15) is 12.4 Å². The maximum atomic E-state index is 5.60. The van der Waals surface area contributed by atoms with E-state index < -0.39 is 0 Å².